The smallest absolute Gasteiger partial charge is 0.287 e. The highest BCUT2D eigenvalue weighted by Gasteiger charge is 2.51. The summed E-state index contributed by atoms with van der Waals surface area (Å²) in [5.41, 5.74) is -0.495. The van der Waals surface area contributed by atoms with Gasteiger partial charge in [-0.3, -0.25) is 4.79 Å². The second kappa shape index (κ2) is 3.41. The Bertz CT molecular complexity index is 541. The van der Waals surface area contributed by atoms with Crippen LogP contribution in [0.1, 0.15) is 35.2 Å². The molecule has 0 aromatic carbocycles. The molecule has 0 atom stereocenters. The lowest BCUT2D eigenvalue weighted by Gasteiger charge is -2.11. The summed E-state index contributed by atoms with van der Waals surface area (Å²) in [6.45, 7) is 1.75. The maximum Gasteiger partial charge on any atom is 0.287 e. The van der Waals surface area contributed by atoms with Gasteiger partial charge in [0.1, 0.15) is 5.54 Å². The summed E-state index contributed by atoms with van der Waals surface area (Å²) in [5.74, 6) is 1.06. The summed E-state index contributed by atoms with van der Waals surface area (Å²) in [4.78, 5) is 22.6. The lowest BCUT2D eigenvalue weighted by Crippen LogP contribution is -2.35. The van der Waals surface area contributed by atoms with Crippen LogP contribution in [0, 0.1) is 6.92 Å². The molecule has 3 rings (SSSR count). The molecule has 0 aliphatic heterocycles. The highest BCUT2D eigenvalue weighted by Crippen LogP contribution is 2.44. The van der Waals surface area contributed by atoms with E-state index in [-0.39, 0.29) is 11.7 Å². The molecule has 1 aliphatic carbocycles. The molecule has 7 heteroatoms. The van der Waals surface area contributed by atoms with Crippen LogP contribution < -0.4 is 5.32 Å². The number of rotatable bonds is 3. The molecule has 0 radical (unpaired) electrons. The van der Waals surface area contributed by atoms with Crippen molar-refractivity contribution in [3.63, 3.8) is 0 Å². The van der Waals surface area contributed by atoms with Crippen LogP contribution in [0.2, 0.25) is 0 Å². The van der Waals surface area contributed by atoms with Crippen molar-refractivity contribution in [2.24, 2.45) is 0 Å². The molecule has 0 saturated heterocycles. The van der Waals surface area contributed by atoms with Crippen LogP contribution >= 0.6 is 0 Å². The van der Waals surface area contributed by atoms with E-state index in [9.17, 15) is 4.79 Å². The summed E-state index contributed by atoms with van der Waals surface area (Å²) in [5, 5.41) is 6.60. The molecule has 2 aromatic rings. The zero-order valence-electron chi connectivity index (χ0n) is 9.23. The number of aryl methyl sites for hydroxylation is 1. The number of carbonyl (C=O) groups is 1. The molecule has 88 valence electrons. The van der Waals surface area contributed by atoms with E-state index in [1.807, 2.05) is 0 Å². The summed E-state index contributed by atoms with van der Waals surface area (Å²) >= 11 is 0. The zero-order valence-corrected chi connectivity index (χ0v) is 9.23. The first-order valence-electron chi connectivity index (χ1n) is 5.32. The van der Waals surface area contributed by atoms with Crippen molar-refractivity contribution in [2.45, 2.75) is 25.3 Å². The van der Waals surface area contributed by atoms with Crippen LogP contribution in [0.25, 0.3) is 0 Å². The van der Waals surface area contributed by atoms with E-state index in [1.54, 1.807) is 13.1 Å². The van der Waals surface area contributed by atoms with Gasteiger partial charge in [-0.2, -0.15) is 4.98 Å². The van der Waals surface area contributed by atoms with Crippen molar-refractivity contribution < 1.29 is 9.32 Å². The molecule has 17 heavy (non-hydrogen) atoms. The van der Waals surface area contributed by atoms with Gasteiger partial charge < -0.3 is 14.8 Å². The molecule has 1 fully saturated rings. The van der Waals surface area contributed by atoms with Gasteiger partial charge in [0, 0.05) is 12.4 Å². The Morgan fingerprint density at radius 1 is 1.59 bits per heavy atom. The number of nitrogens with one attached hydrogen (secondary N) is 2. The molecule has 0 spiro atoms. The van der Waals surface area contributed by atoms with E-state index >= 15 is 0 Å². The summed E-state index contributed by atoms with van der Waals surface area (Å²) in [6, 6.07) is 0. The van der Waals surface area contributed by atoms with Crippen molar-refractivity contribution in [3.05, 3.63) is 29.9 Å². The number of aromatic nitrogens is 4. The second-order valence-corrected chi connectivity index (χ2v) is 4.12. The van der Waals surface area contributed by atoms with Crippen molar-refractivity contribution >= 4 is 5.91 Å². The predicted octanol–water partition coefficient (Wildman–Crippen LogP) is 0.520. The first-order valence-corrected chi connectivity index (χ1v) is 5.32. The van der Waals surface area contributed by atoms with E-state index in [1.165, 1.54) is 6.20 Å². The molecule has 7 nitrogen and oxygen atoms in total. The van der Waals surface area contributed by atoms with Gasteiger partial charge in [-0.25, -0.2) is 4.98 Å². The quantitative estimate of drug-likeness (QED) is 0.805. The number of imidazole rings is 1. The van der Waals surface area contributed by atoms with Crippen LogP contribution in [0.5, 0.6) is 0 Å². The number of aromatic amines is 1. The van der Waals surface area contributed by atoms with E-state index in [0.717, 1.165) is 12.8 Å². The van der Waals surface area contributed by atoms with Gasteiger partial charge >= 0.3 is 0 Å². The third-order valence-corrected chi connectivity index (χ3v) is 2.75. The van der Waals surface area contributed by atoms with Gasteiger partial charge in [-0.05, 0) is 19.8 Å². The van der Waals surface area contributed by atoms with Crippen LogP contribution in [0.3, 0.4) is 0 Å². The molecule has 2 aromatic heterocycles. The molecule has 2 heterocycles. The van der Waals surface area contributed by atoms with Crippen LogP contribution in [-0.2, 0) is 5.54 Å². The third-order valence-electron chi connectivity index (χ3n) is 2.75. The average Bonchev–Trinajstić information content (AvgIpc) is 2.79. The van der Waals surface area contributed by atoms with Crippen molar-refractivity contribution in [3.8, 4) is 0 Å². The molecular weight excluding hydrogens is 222 g/mol. The number of H-pyrrole nitrogens is 1. The predicted molar refractivity (Wildman–Crippen MR) is 56.0 cm³/mol. The summed E-state index contributed by atoms with van der Waals surface area (Å²) < 4.78 is 5.10. The number of nitrogens with zero attached hydrogens (tertiary/aromatic N) is 3. The van der Waals surface area contributed by atoms with Crippen LogP contribution in [0.15, 0.2) is 16.9 Å². The van der Waals surface area contributed by atoms with E-state index in [4.69, 9.17) is 4.52 Å². The Labute approximate surface area is 96.6 Å². The fourth-order valence-electron chi connectivity index (χ4n) is 1.67. The Morgan fingerprint density at radius 3 is 2.94 bits per heavy atom. The summed E-state index contributed by atoms with van der Waals surface area (Å²) in [6.07, 6.45) is 4.75. The number of carbonyl (C=O) groups excluding carboxylic acids is 1. The van der Waals surface area contributed by atoms with Crippen molar-refractivity contribution in [1.29, 1.82) is 0 Å². The highest BCUT2D eigenvalue weighted by molar-refractivity contribution is 5.91. The number of hydrogen-bond donors (Lipinski definition) is 2. The summed E-state index contributed by atoms with van der Waals surface area (Å²) in [7, 11) is 0. The SMILES string of the molecule is Cc1noc(C2(NC(=O)c3ncc[nH]3)CC2)n1. The fourth-order valence-corrected chi connectivity index (χ4v) is 1.67. The first-order chi connectivity index (χ1) is 8.20. The molecule has 1 aliphatic rings. The Morgan fingerprint density at radius 2 is 2.41 bits per heavy atom. The minimum absolute atomic E-state index is 0.261. The largest absolute Gasteiger partial charge is 0.341 e. The minimum atomic E-state index is -0.495. The maximum absolute atomic E-state index is 11.8. The number of amides is 1. The van der Waals surface area contributed by atoms with E-state index < -0.39 is 5.54 Å². The second-order valence-electron chi connectivity index (χ2n) is 4.12. The molecule has 1 saturated carbocycles. The lowest BCUT2D eigenvalue weighted by molar-refractivity contribution is 0.0911. The van der Waals surface area contributed by atoms with Gasteiger partial charge in [0.2, 0.25) is 0 Å². The van der Waals surface area contributed by atoms with Gasteiger partial charge in [-0.15, -0.1) is 0 Å². The van der Waals surface area contributed by atoms with Crippen LogP contribution in [0.4, 0.5) is 0 Å². The third kappa shape index (κ3) is 1.69. The zero-order chi connectivity index (χ0) is 11.9. The highest BCUT2D eigenvalue weighted by atomic mass is 16.5. The number of hydrogen-bond acceptors (Lipinski definition) is 5. The molecule has 2 N–H and O–H groups in total. The Hall–Kier alpha value is -2.18. The Balaban J connectivity index is 1.79. The van der Waals surface area contributed by atoms with Gasteiger partial charge in [0.25, 0.3) is 11.8 Å². The standard InChI is InChI=1S/C10H11N5O2/c1-6-13-9(17-15-6)10(2-3-10)14-8(16)7-11-4-5-12-7/h4-5H,2-3H2,1H3,(H,11,12)(H,14,16). The molecule has 1 amide bonds. The first kappa shape index (κ1) is 10.0. The molecular formula is C10H11N5O2. The van der Waals surface area contributed by atoms with Crippen molar-refractivity contribution in [1.82, 2.24) is 25.4 Å². The van der Waals surface area contributed by atoms with E-state index in [0.29, 0.717) is 11.7 Å². The maximum atomic E-state index is 11.8. The minimum Gasteiger partial charge on any atom is -0.341 e. The topological polar surface area (TPSA) is 96.7 Å². The van der Waals surface area contributed by atoms with Gasteiger partial charge in [-0.1, -0.05) is 5.16 Å². The monoisotopic (exact) mass is 233 g/mol. The van der Waals surface area contributed by atoms with Crippen LogP contribution in [-0.4, -0.2) is 26.0 Å². The Kier molecular flexibility index (Phi) is 2.01. The van der Waals surface area contributed by atoms with E-state index in [2.05, 4.69) is 25.4 Å². The van der Waals surface area contributed by atoms with Crippen molar-refractivity contribution in [2.75, 3.05) is 0 Å². The molecule has 0 bridgehead atoms. The van der Waals surface area contributed by atoms with Gasteiger partial charge in [0.15, 0.2) is 11.6 Å². The lowest BCUT2D eigenvalue weighted by atomic mass is 10.2. The average molecular weight is 233 g/mol. The fraction of sp³-hybridized carbons (Fsp3) is 0.400. The molecule has 0 unspecified atom stereocenters. The van der Waals surface area contributed by atoms with Gasteiger partial charge in [0.05, 0.1) is 0 Å². The normalized spacial score (nSPS) is 16.8.